The van der Waals surface area contributed by atoms with Crippen LogP contribution in [0, 0.1) is 10.8 Å². The van der Waals surface area contributed by atoms with Crippen LogP contribution in [-0.4, -0.2) is 118 Å². The van der Waals surface area contributed by atoms with E-state index in [1.54, 1.807) is 45.9 Å². The molecule has 0 aromatic rings. The molecule has 6 bridgehead atoms. The predicted molar refractivity (Wildman–Crippen MR) is 222 cm³/mol. The number of ether oxygens (including phenoxy) is 7. The number of cyclic esters (lactones) is 1. The molecule has 0 unspecified atom stereocenters. The maximum absolute atomic E-state index is 13.4. The molecule has 0 aliphatic carbocycles. The van der Waals surface area contributed by atoms with E-state index in [1.807, 2.05) is 26.0 Å². The van der Waals surface area contributed by atoms with Crippen LogP contribution in [0.2, 0.25) is 0 Å². The number of rotatable bonds is 8. The van der Waals surface area contributed by atoms with Gasteiger partial charge in [0.1, 0.15) is 12.2 Å². The Kier molecular flexibility index (Phi) is 17.3. The second-order valence-corrected chi connectivity index (χ2v) is 17.9. The number of allylic oxidation sites excluding steroid dienone is 4. The van der Waals surface area contributed by atoms with Crippen molar-refractivity contribution in [1.82, 2.24) is 0 Å². The highest BCUT2D eigenvalue weighted by Crippen LogP contribution is 2.50. The fourth-order valence-electron chi connectivity index (χ4n) is 8.47. The van der Waals surface area contributed by atoms with Crippen molar-refractivity contribution >= 4 is 23.9 Å². The van der Waals surface area contributed by atoms with Crippen LogP contribution in [0.3, 0.4) is 0 Å². The SMILES string of the molecule is C/C=C1/C[C@H]2C[C@]3(O)O[C@H](C[C@@H](O)CC(=O)O[C@@H]([C@@H](C)O)C[C@@H]4C/C(=C\C(=O)OC)[C@H](OC(=O)/C=C/C=C/CCC)[C@@](O)(O4)C(C)(C)/C=C/[C@@H](C1)O2)C[C@H](OC(C)=O)C3(C)C. The van der Waals surface area contributed by atoms with Crippen LogP contribution >= 0.6 is 0 Å². The molecular weight excluding hydrogens is 792 g/mol. The van der Waals surface area contributed by atoms with E-state index in [0.29, 0.717) is 12.8 Å². The number of esters is 4. The van der Waals surface area contributed by atoms with Gasteiger partial charge in [0.25, 0.3) is 0 Å². The Hall–Kier alpha value is -3.70. The summed E-state index contributed by atoms with van der Waals surface area (Å²) in [5, 5.41) is 47.4. The number of fused-ring (bicyclic) bond motifs is 6. The van der Waals surface area contributed by atoms with E-state index >= 15 is 0 Å². The molecule has 342 valence electrons. The first-order chi connectivity index (χ1) is 28.6. The molecule has 0 radical (unpaired) electrons. The highest BCUT2D eigenvalue weighted by Gasteiger charge is 2.59. The highest BCUT2D eigenvalue weighted by molar-refractivity contribution is 5.84. The van der Waals surface area contributed by atoms with Crippen molar-refractivity contribution in [2.75, 3.05) is 7.11 Å². The maximum atomic E-state index is 13.4. The molecule has 15 heteroatoms. The third-order valence-corrected chi connectivity index (χ3v) is 12.3. The standard InChI is InChI=1S/C46H68O15/c1-10-12-13-14-15-16-39(50)59-42-31(22-40(51)55-9)21-34-25-37(28(3)47)58-41(52)24-32(49)23-35-26-38(56-29(4)48)44(7,8)45(53,60-35)27-36-20-30(11-2)19-33(57-36)17-18-43(5,6)46(42,54)61-34/h11,13-18,22,28,32-38,42,47,49,53-54H,10,12,19-21,23-27H2,1-9H3/b14-13+,16-15+,18-17+,30-11+,31-22+/t28-,32-,33+,34+,35-,36+,37-,38+,42+,45+,46-/m1/s1. The monoisotopic (exact) mass is 860 g/mol. The Balaban J connectivity index is 1.84. The molecule has 4 aliphatic rings. The summed E-state index contributed by atoms with van der Waals surface area (Å²) in [5.74, 6) is -7.32. The molecule has 11 atom stereocenters. The van der Waals surface area contributed by atoms with Gasteiger partial charge in [-0.15, -0.1) is 0 Å². The molecule has 0 spiro atoms. The molecular formula is C46H68O15. The van der Waals surface area contributed by atoms with Crippen molar-refractivity contribution in [2.24, 2.45) is 10.8 Å². The lowest BCUT2D eigenvalue weighted by Gasteiger charge is -2.53. The normalized spacial score (nSPS) is 37.1. The van der Waals surface area contributed by atoms with Gasteiger partial charge in [0.05, 0.1) is 55.6 Å². The number of carbonyl (C=O) groups is 4. The van der Waals surface area contributed by atoms with Gasteiger partial charge in [-0.3, -0.25) is 9.59 Å². The number of unbranched alkanes of at least 4 members (excludes halogenated alkanes) is 1. The first kappa shape index (κ1) is 50.0. The third kappa shape index (κ3) is 12.7. The van der Waals surface area contributed by atoms with Gasteiger partial charge in [-0.2, -0.15) is 0 Å². The molecule has 4 aliphatic heterocycles. The summed E-state index contributed by atoms with van der Waals surface area (Å²) in [6, 6.07) is 0. The van der Waals surface area contributed by atoms with E-state index in [9.17, 15) is 39.6 Å². The molecule has 15 nitrogen and oxygen atoms in total. The Bertz CT molecular complexity index is 1710. The van der Waals surface area contributed by atoms with E-state index in [2.05, 4.69) is 0 Å². The van der Waals surface area contributed by atoms with Gasteiger partial charge in [0.15, 0.2) is 11.9 Å². The van der Waals surface area contributed by atoms with E-state index in [1.165, 1.54) is 33.1 Å². The molecule has 4 heterocycles. The minimum Gasteiger partial charge on any atom is -0.466 e. The van der Waals surface area contributed by atoms with Gasteiger partial charge in [0, 0.05) is 50.2 Å². The first-order valence-corrected chi connectivity index (χ1v) is 21.4. The Labute approximate surface area is 359 Å². The van der Waals surface area contributed by atoms with Gasteiger partial charge < -0.3 is 53.6 Å². The molecule has 4 N–H and O–H groups in total. The van der Waals surface area contributed by atoms with Crippen LogP contribution in [0.15, 0.2) is 59.8 Å². The number of methoxy groups -OCH3 is 1. The lowest BCUT2D eigenvalue weighted by Crippen LogP contribution is -2.62. The number of aliphatic hydroxyl groups is 4. The van der Waals surface area contributed by atoms with Crippen molar-refractivity contribution in [3.8, 4) is 0 Å². The molecule has 0 saturated carbocycles. The molecule has 0 aromatic heterocycles. The zero-order chi connectivity index (χ0) is 45.3. The van der Waals surface area contributed by atoms with Crippen LogP contribution in [0.4, 0.5) is 0 Å². The molecule has 3 fully saturated rings. The van der Waals surface area contributed by atoms with Crippen LogP contribution in [0.25, 0.3) is 0 Å². The van der Waals surface area contributed by atoms with Gasteiger partial charge in [-0.25, -0.2) is 9.59 Å². The minimum atomic E-state index is -2.38. The van der Waals surface area contributed by atoms with Crippen molar-refractivity contribution in [1.29, 1.82) is 0 Å². The van der Waals surface area contributed by atoms with Gasteiger partial charge >= 0.3 is 23.9 Å². The zero-order valence-electron chi connectivity index (χ0n) is 37.2. The van der Waals surface area contributed by atoms with Crippen LogP contribution in [0.5, 0.6) is 0 Å². The lowest BCUT2D eigenvalue weighted by atomic mass is 9.70. The van der Waals surface area contributed by atoms with E-state index in [-0.39, 0.29) is 37.7 Å². The first-order valence-electron chi connectivity index (χ1n) is 21.4. The summed E-state index contributed by atoms with van der Waals surface area (Å²) < 4.78 is 41.9. The fraction of sp³-hybridized carbons (Fsp3) is 0.696. The van der Waals surface area contributed by atoms with Gasteiger partial charge in [-0.1, -0.05) is 83.1 Å². The smallest absolute Gasteiger partial charge is 0.331 e. The van der Waals surface area contributed by atoms with Crippen LogP contribution in [-0.2, 0) is 52.3 Å². The van der Waals surface area contributed by atoms with Crippen molar-refractivity contribution in [3.63, 3.8) is 0 Å². The zero-order valence-corrected chi connectivity index (χ0v) is 37.2. The number of aliphatic hydroxyl groups excluding tert-OH is 2. The van der Waals surface area contributed by atoms with Crippen molar-refractivity contribution in [3.05, 3.63) is 59.8 Å². The number of hydrogen-bond donors (Lipinski definition) is 4. The molecule has 0 aromatic carbocycles. The molecule has 0 amide bonds. The van der Waals surface area contributed by atoms with E-state index < -0.39 is 108 Å². The third-order valence-electron chi connectivity index (χ3n) is 12.3. The summed E-state index contributed by atoms with van der Waals surface area (Å²) in [6.07, 6.45) is 5.44. The van der Waals surface area contributed by atoms with Crippen molar-refractivity contribution in [2.45, 2.75) is 186 Å². The average molecular weight is 861 g/mol. The van der Waals surface area contributed by atoms with E-state index in [4.69, 9.17) is 33.2 Å². The summed E-state index contributed by atoms with van der Waals surface area (Å²) >= 11 is 0. The summed E-state index contributed by atoms with van der Waals surface area (Å²) in [4.78, 5) is 51.9. The fourth-order valence-corrected chi connectivity index (χ4v) is 8.47. The number of carbonyl (C=O) groups excluding carboxylic acids is 4. The summed E-state index contributed by atoms with van der Waals surface area (Å²) in [5.41, 5.74) is -1.38. The second kappa shape index (κ2) is 21.1. The second-order valence-electron chi connectivity index (χ2n) is 17.9. The summed E-state index contributed by atoms with van der Waals surface area (Å²) in [6.45, 7) is 13.4. The van der Waals surface area contributed by atoms with Gasteiger partial charge in [-0.05, 0) is 45.1 Å². The van der Waals surface area contributed by atoms with Crippen LogP contribution in [0.1, 0.15) is 120 Å². The van der Waals surface area contributed by atoms with Crippen LogP contribution < -0.4 is 0 Å². The molecule has 4 rings (SSSR count). The number of hydrogen-bond acceptors (Lipinski definition) is 15. The maximum Gasteiger partial charge on any atom is 0.331 e. The van der Waals surface area contributed by atoms with E-state index in [0.717, 1.165) is 24.5 Å². The molecule has 61 heavy (non-hydrogen) atoms. The highest BCUT2D eigenvalue weighted by atomic mass is 16.7. The summed E-state index contributed by atoms with van der Waals surface area (Å²) in [7, 11) is 1.19. The average Bonchev–Trinajstić information content (AvgIpc) is 3.16. The Morgan fingerprint density at radius 2 is 1.67 bits per heavy atom. The topological polar surface area (TPSA) is 214 Å². The van der Waals surface area contributed by atoms with Crippen molar-refractivity contribution < 1.29 is 72.8 Å². The largest absolute Gasteiger partial charge is 0.466 e. The minimum absolute atomic E-state index is 0.0524. The Morgan fingerprint density at radius 1 is 0.951 bits per heavy atom. The molecule has 3 saturated heterocycles. The Morgan fingerprint density at radius 3 is 2.31 bits per heavy atom. The quantitative estimate of drug-likeness (QED) is 0.0819. The predicted octanol–water partition coefficient (Wildman–Crippen LogP) is 5.13. The van der Waals surface area contributed by atoms with Gasteiger partial charge in [0.2, 0.25) is 5.79 Å². The lowest BCUT2D eigenvalue weighted by molar-refractivity contribution is -0.348.